The first-order chi connectivity index (χ1) is 8.56. The maximum absolute atomic E-state index is 12.2. The molecule has 0 fully saturated rings. The van der Waals surface area contributed by atoms with Gasteiger partial charge >= 0.3 is 0 Å². The van der Waals surface area contributed by atoms with Crippen LogP contribution in [0.2, 0.25) is 0 Å². The minimum atomic E-state index is 0.179. The molecule has 4 nitrogen and oxygen atoms in total. The SMILES string of the molecule is CCC(CC)N(CCOC)C(=O)CCCC(C)N. The van der Waals surface area contributed by atoms with E-state index in [1.807, 2.05) is 11.8 Å². The Balaban J connectivity index is 4.29. The summed E-state index contributed by atoms with van der Waals surface area (Å²) in [5.41, 5.74) is 5.70. The fourth-order valence-electron chi connectivity index (χ4n) is 2.15. The molecule has 0 saturated heterocycles. The highest BCUT2D eigenvalue weighted by Gasteiger charge is 2.20. The highest BCUT2D eigenvalue weighted by molar-refractivity contribution is 5.76. The van der Waals surface area contributed by atoms with Crippen LogP contribution < -0.4 is 5.73 Å². The normalized spacial score (nSPS) is 12.8. The van der Waals surface area contributed by atoms with Crippen LogP contribution in [-0.4, -0.2) is 43.2 Å². The van der Waals surface area contributed by atoms with E-state index in [1.165, 1.54) is 0 Å². The van der Waals surface area contributed by atoms with Crippen molar-refractivity contribution in [3.05, 3.63) is 0 Å². The van der Waals surface area contributed by atoms with Crippen LogP contribution >= 0.6 is 0 Å². The Labute approximate surface area is 112 Å². The molecule has 0 aromatic rings. The maximum Gasteiger partial charge on any atom is 0.222 e. The molecule has 0 spiro atoms. The van der Waals surface area contributed by atoms with Crippen molar-refractivity contribution >= 4 is 5.91 Å². The molecule has 0 radical (unpaired) electrons. The number of methoxy groups -OCH3 is 1. The second-order valence-corrected chi connectivity index (χ2v) is 4.92. The fourth-order valence-corrected chi connectivity index (χ4v) is 2.15. The summed E-state index contributed by atoms with van der Waals surface area (Å²) in [5, 5.41) is 0. The quantitative estimate of drug-likeness (QED) is 0.653. The maximum atomic E-state index is 12.2. The predicted octanol–water partition coefficient (Wildman–Crippen LogP) is 2.17. The highest BCUT2D eigenvalue weighted by Crippen LogP contribution is 2.12. The Morgan fingerprint density at radius 1 is 1.33 bits per heavy atom. The van der Waals surface area contributed by atoms with Crippen molar-refractivity contribution in [3.63, 3.8) is 0 Å². The van der Waals surface area contributed by atoms with Gasteiger partial charge in [0.25, 0.3) is 0 Å². The lowest BCUT2D eigenvalue weighted by Crippen LogP contribution is -2.41. The molecular formula is C14H30N2O2. The molecule has 0 saturated carbocycles. The zero-order chi connectivity index (χ0) is 14.0. The van der Waals surface area contributed by atoms with E-state index in [2.05, 4.69) is 13.8 Å². The van der Waals surface area contributed by atoms with Gasteiger partial charge in [0, 0.05) is 32.2 Å². The van der Waals surface area contributed by atoms with Crippen molar-refractivity contribution in [2.24, 2.45) is 5.73 Å². The lowest BCUT2D eigenvalue weighted by atomic mass is 10.1. The average molecular weight is 258 g/mol. The summed E-state index contributed by atoms with van der Waals surface area (Å²) in [5.74, 6) is 0.237. The first-order valence-electron chi connectivity index (χ1n) is 7.10. The van der Waals surface area contributed by atoms with E-state index >= 15 is 0 Å². The third-order valence-corrected chi connectivity index (χ3v) is 3.29. The molecule has 0 aliphatic rings. The van der Waals surface area contributed by atoms with E-state index in [0.717, 1.165) is 25.7 Å². The van der Waals surface area contributed by atoms with Crippen molar-refractivity contribution in [2.75, 3.05) is 20.3 Å². The molecule has 0 rings (SSSR count). The highest BCUT2D eigenvalue weighted by atomic mass is 16.5. The number of hydrogen-bond donors (Lipinski definition) is 1. The first kappa shape index (κ1) is 17.4. The van der Waals surface area contributed by atoms with E-state index in [-0.39, 0.29) is 11.9 Å². The van der Waals surface area contributed by atoms with Gasteiger partial charge in [-0.05, 0) is 32.6 Å². The van der Waals surface area contributed by atoms with Gasteiger partial charge in [-0.1, -0.05) is 13.8 Å². The zero-order valence-electron chi connectivity index (χ0n) is 12.4. The van der Waals surface area contributed by atoms with E-state index in [1.54, 1.807) is 7.11 Å². The molecule has 0 aromatic heterocycles. The van der Waals surface area contributed by atoms with E-state index < -0.39 is 0 Å². The van der Waals surface area contributed by atoms with Crippen LogP contribution in [0.25, 0.3) is 0 Å². The topological polar surface area (TPSA) is 55.6 Å². The molecule has 0 bridgehead atoms. The lowest BCUT2D eigenvalue weighted by molar-refractivity contribution is -0.134. The van der Waals surface area contributed by atoms with E-state index in [0.29, 0.717) is 25.6 Å². The van der Waals surface area contributed by atoms with Crippen LogP contribution in [0.15, 0.2) is 0 Å². The number of carbonyl (C=O) groups excluding carboxylic acids is 1. The number of nitrogens with zero attached hydrogens (tertiary/aromatic N) is 1. The van der Waals surface area contributed by atoms with Gasteiger partial charge in [-0.25, -0.2) is 0 Å². The van der Waals surface area contributed by atoms with Gasteiger partial charge in [-0.2, -0.15) is 0 Å². The monoisotopic (exact) mass is 258 g/mol. The van der Waals surface area contributed by atoms with Gasteiger partial charge < -0.3 is 15.4 Å². The summed E-state index contributed by atoms with van der Waals surface area (Å²) >= 11 is 0. The summed E-state index contributed by atoms with van der Waals surface area (Å²) in [4.78, 5) is 14.2. The Morgan fingerprint density at radius 3 is 2.39 bits per heavy atom. The van der Waals surface area contributed by atoms with E-state index in [9.17, 15) is 4.79 Å². The molecule has 1 atom stereocenters. The second kappa shape index (κ2) is 10.3. The van der Waals surface area contributed by atoms with Crippen molar-refractivity contribution in [1.82, 2.24) is 4.90 Å². The number of ether oxygens (including phenoxy) is 1. The average Bonchev–Trinajstić information content (AvgIpc) is 2.33. The summed E-state index contributed by atoms with van der Waals surface area (Å²) in [6, 6.07) is 0.515. The smallest absolute Gasteiger partial charge is 0.222 e. The van der Waals surface area contributed by atoms with Crippen LogP contribution in [0.5, 0.6) is 0 Å². The largest absolute Gasteiger partial charge is 0.383 e. The molecule has 1 unspecified atom stereocenters. The van der Waals surface area contributed by atoms with Crippen LogP contribution in [0.3, 0.4) is 0 Å². The Hall–Kier alpha value is -0.610. The molecule has 0 aromatic carbocycles. The minimum absolute atomic E-state index is 0.179. The molecule has 108 valence electrons. The van der Waals surface area contributed by atoms with Gasteiger partial charge in [0.1, 0.15) is 0 Å². The number of nitrogens with two attached hydrogens (primary N) is 1. The van der Waals surface area contributed by atoms with Gasteiger partial charge in [0.2, 0.25) is 5.91 Å². The van der Waals surface area contributed by atoms with Gasteiger partial charge in [-0.15, -0.1) is 0 Å². The first-order valence-corrected chi connectivity index (χ1v) is 7.10. The van der Waals surface area contributed by atoms with Crippen molar-refractivity contribution < 1.29 is 9.53 Å². The van der Waals surface area contributed by atoms with Gasteiger partial charge in [-0.3, -0.25) is 4.79 Å². The van der Waals surface area contributed by atoms with Crippen LogP contribution in [0.1, 0.15) is 52.9 Å². The minimum Gasteiger partial charge on any atom is -0.383 e. The Bertz CT molecular complexity index is 216. The lowest BCUT2D eigenvalue weighted by Gasteiger charge is -2.30. The van der Waals surface area contributed by atoms with Crippen molar-refractivity contribution in [1.29, 1.82) is 0 Å². The number of rotatable bonds is 10. The van der Waals surface area contributed by atoms with E-state index in [4.69, 9.17) is 10.5 Å². The number of carbonyl (C=O) groups is 1. The van der Waals surface area contributed by atoms with Gasteiger partial charge in [0.05, 0.1) is 6.61 Å². The molecule has 0 aliphatic carbocycles. The third kappa shape index (κ3) is 6.97. The van der Waals surface area contributed by atoms with Crippen molar-refractivity contribution in [3.8, 4) is 0 Å². The molecule has 18 heavy (non-hydrogen) atoms. The summed E-state index contributed by atoms with van der Waals surface area (Å²) in [6.45, 7) is 7.54. The zero-order valence-corrected chi connectivity index (χ0v) is 12.4. The molecular weight excluding hydrogens is 228 g/mol. The molecule has 4 heteroatoms. The predicted molar refractivity (Wildman–Crippen MR) is 75.5 cm³/mol. The summed E-state index contributed by atoms with van der Waals surface area (Å²) in [7, 11) is 1.67. The Kier molecular flexibility index (Phi) is 9.98. The summed E-state index contributed by atoms with van der Waals surface area (Å²) < 4.78 is 5.09. The molecule has 2 N–H and O–H groups in total. The number of hydrogen-bond acceptors (Lipinski definition) is 3. The standard InChI is InChI=1S/C14H30N2O2/c1-5-13(6-2)16(10-11-18-4)14(17)9-7-8-12(3)15/h12-13H,5-11,15H2,1-4H3. The van der Waals surface area contributed by atoms with Crippen LogP contribution in [0, 0.1) is 0 Å². The van der Waals surface area contributed by atoms with Crippen LogP contribution in [0.4, 0.5) is 0 Å². The number of amides is 1. The Morgan fingerprint density at radius 2 is 1.94 bits per heavy atom. The molecule has 1 amide bonds. The van der Waals surface area contributed by atoms with Crippen molar-refractivity contribution in [2.45, 2.75) is 65.0 Å². The molecule has 0 heterocycles. The third-order valence-electron chi connectivity index (χ3n) is 3.29. The fraction of sp³-hybridized carbons (Fsp3) is 0.929. The summed E-state index contributed by atoms with van der Waals surface area (Å²) in [6.07, 6.45) is 4.38. The van der Waals surface area contributed by atoms with Gasteiger partial charge in [0.15, 0.2) is 0 Å². The van der Waals surface area contributed by atoms with Crippen LogP contribution in [-0.2, 0) is 9.53 Å². The second-order valence-electron chi connectivity index (χ2n) is 4.92. The molecule has 0 aliphatic heterocycles.